The zero-order valence-electron chi connectivity index (χ0n) is 4.64. The van der Waals surface area contributed by atoms with Gasteiger partial charge in [0, 0.05) is 18.4 Å². The first-order valence-electron chi connectivity index (χ1n) is 2.74. The lowest BCUT2D eigenvalue weighted by atomic mass is 10.1. The summed E-state index contributed by atoms with van der Waals surface area (Å²) < 4.78 is 5.00. The Morgan fingerprint density at radius 3 is 2.38 bits per heavy atom. The van der Waals surface area contributed by atoms with Crippen LogP contribution < -0.4 is 0 Å². The second kappa shape index (κ2) is 2.65. The largest absolute Gasteiger partial charge is 0.381 e. The molecule has 0 amide bonds. The maximum absolute atomic E-state index is 9.94. The predicted octanol–water partition coefficient (Wildman–Crippen LogP) is 0.555. The molecule has 0 N–H and O–H groups in total. The fourth-order valence-electron chi connectivity index (χ4n) is 0.720. The van der Waals surface area contributed by atoms with Gasteiger partial charge < -0.3 is 4.74 Å². The molecule has 0 aromatic rings. The maximum Gasteiger partial charge on any atom is 0.123 e. The Kier molecular flexibility index (Phi) is 1.84. The summed E-state index contributed by atoms with van der Waals surface area (Å²) in [6, 6.07) is 0. The van der Waals surface area contributed by atoms with Crippen LogP contribution in [0.15, 0.2) is 5.57 Å². The molecule has 0 radical (unpaired) electrons. The monoisotopic (exact) mass is 112 g/mol. The van der Waals surface area contributed by atoms with Crippen LogP contribution in [0.3, 0.4) is 0 Å². The highest BCUT2D eigenvalue weighted by Gasteiger charge is 2.04. The molecule has 1 rings (SSSR count). The Labute approximate surface area is 48.1 Å². The predicted molar refractivity (Wildman–Crippen MR) is 29.3 cm³/mol. The van der Waals surface area contributed by atoms with Crippen molar-refractivity contribution in [3.8, 4) is 0 Å². The fourth-order valence-corrected chi connectivity index (χ4v) is 0.720. The van der Waals surface area contributed by atoms with Gasteiger partial charge in [0.2, 0.25) is 0 Å². The number of ether oxygens (including phenoxy) is 1. The lowest BCUT2D eigenvalue weighted by Gasteiger charge is -2.09. The molecule has 44 valence electrons. The summed E-state index contributed by atoms with van der Waals surface area (Å²) in [5.41, 5.74) is 0.872. The zero-order valence-corrected chi connectivity index (χ0v) is 4.64. The molecule has 1 saturated heterocycles. The number of hydrogen-bond acceptors (Lipinski definition) is 2. The molecule has 0 aromatic heterocycles. The maximum atomic E-state index is 9.94. The van der Waals surface area contributed by atoms with E-state index in [0.717, 1.165) is 18.4 Å². The van der Waals surface area contributed by atoms with Gasteiger partial charge in [-0.15, -0.1) is 0 Å². The van der Waals surface area contributed by atoms with Gasteiger partial charge in [-0.3, -0.25) is 0 Å². The summed E-state index contributed by atoms with van der Waals surface area (Å²) in [5, 5.41) is 0. The van der Waals surface area contributed by atoms with Crippen molar-refractivity contribution in [2.45, 2.75) is 12.8 Å². The molecule has 0 unspecified atom stereocenters. The number of carbonyl (C=O) groups excluding carboxylic acids is 1. The standard InChI is InChI=1S/C6H8O2/c7-5-6-1-3-8-4-2-6/h1-4H2. The van der Waals surface area contributed by atoms with Crippen molar-refractivity contribution >= 4 is 5.94 Å². The van der Waals surface area contributed by atoms with Crippen molar-refractivity contribution in [2.24, 2.45) is 0 Å². The summed E-state index contributed by atoms with van der Waals surface area (Å²) in [6.07, 6.45) is 1.56. The van der Waals surface area contributed by atoms with Crippen molar-refractivity contribution in [1.29, 1.82) is 0 Å². The Bertz CT molecular complexity index is 114. The molecule has 1 fully saturated rings. The van der Waals surface area contributed by atoms with Crippen molar-refractivity contribution in [3.63, 3.8) is 0 Å². The highest BCUT2D eigenvalue weighted by Crippen LogP contribution is 2.08. The molecular weight excluding hydrogens is 104 g/mol. The number of hydrogen-bond donors (Lipinski definition) is 0. The van der Waals surface area contributed by atoms with E-state index < -0.39 is 0 Å². The Balaban J connectivity index is 2.45. The highest BCUT2D eigenvalue weighted by atomic mass is 16.5. The van der Waals surface area contributed by atoms with E-state index >= 15 is 0 Å². The molecule has 0 bridgehead atoms. The summed E-state index contributed by atoms with van der Waals surface area (Å²) >= 11 is 0. The van der Waals surface area contributed by atoms with E-state index in [1.807, 2.05) is 5.94 Å². The van der Waals surface area contributed by atoms with E-state index in [-0.39, 0.29) is 0 Å². The van der Waals surface area contributed by atoms with Crippen LogP contribution in [0, 0.1) is 0 Å². The van der Waals surface area contributed by atoms with Gasteiger partial charge >= 0.3 is 0 Å². The van der Waals surface area contributed by atoms with Gasteiger partial charge in [0.15, 0.2) is 0 Å². The summed E-state index contributed by atoms with van der Waals surface area (Å²) in [4.78, 5) is 9.94. The minimum atomic E-state index is 0.699. The first-order valence-corrected chi connectivity index (χ1v) is 2.74. The highest BCUT2D eigenvalue weighted by molar-refractivity contribution is 5.52. The molecule has 1 aliphatic heterocycles. The van der Waals surface area contributed by atoms with Crippen LogP contribution in [0.2, 0.25) is 0 Å². The topological polar surface area (TPSA) is 26.3 Å². The summed E-state index contributed by atoms with van der Waals surface area (Å²) in [7, 11) is 0. The van der Waals surface area contributed by atoms with Gasteiger partial charge in [0.05, 0.1) is 13.2 Å². The molecule has 0 aliphatic carbocycles. The van der Waals surface area contributed by atoms with Crippen LogP contribution in [-0.4, -0.2) is 19.2 Å². The van der Waals surface area contributed by atoms with E-state index in [9.17, 15) is 4.79 Å². The Hall–Kier alpha value is -0.590. The third-order valence-corrected chi connectivity index (χ3v) is 1.24. The molecule has 1 heterocycles. The third kappa shape index (κ3) is 1.19. The first-order chi connectivity index (χ1) is 3.93. The van der Waals surface area contributed by atoms with Crippen molar-refractivity contribution in [3.05, 3.63) is 5.57 Å². The van der Waals surface area contributed by atoms with Gasteiger partial charge in [-0.05, 0) is 0 Å². The lowest BCUT2D eigenvalue weighted by molar-refractivity contribution is 0.120. The minimum absolute atomic E-state index is 0.699. The quantitative estimate of drug-likeness (QED) is 0.428. The Morgan fingerprint density at radius 1 is 1.38 bits per heavy atom. The zero-order chi connectivity index (χ0) is 5.82. The van der Waals surface area contributed by atoms with Crippen LogP contribution in [-0.2, 0) is 9.53 Å². The molecule has 0 aromatic carbocycles. The van der Waals surface area contributed by atoms with Crippen LogP contribution in [0.5, 0.6) is 0 Å². The molecule has 2 nitrogen and oxygen atoms in total. The Morgan fingerprint density at radius 2 is 2.00 bits per heavy atom. The van der Waals surface area contributed by atoms with E-state index in [1.165, 1.54) is 0 Å². The molecular formula is C6H8O2. The lowest BCUT2D eigenvalue weighted by Crippen LogP contribution is -2.07. The van der Waals surface area contributed by atoms with Crippen molar-refractivity contribution in [1.82, 2.24) is 0 Å². The van der Waals surface area contributed by atoms with Crippen LogP contribution in [0.4, 0.5) is 0 Å². The van der Waals surface area contributed by atoms with Gasteiger partial charge in [-0.2, -0.15) is 0 Å². The normalized spacial score (nSPS) is 20.2. The smallest absolute Gasteiger partial charge is 0.123 e. The number of rotatable bonds is 0. The average molecular weight is 112 g/mol. The minimum Gasteiger partial charge on any atom is -0.381 e. The van der Waals surface area contributed by atoms with Gasteiger partial charge in [0.1, 0.15) is 5.94 Å². The van der Waals surface area contributed by atoms with Crippen molar-refractivity contribution in [2.75, 3.05) is 13.2 Å². The SMILES string of the molecule is O=C=C1CCOCC1. The van der Waals surface area contributed by atoms with Crippen LogP contribution in [0.25, 0.3) is 0 Å². The third-order valence-electron chi connectivity index (χ3n) is 1.24. The van der Waals surface area contributed by atoms with Gasteiger partial charge in [0.25, 0.3) is 0 Å². The molecule has 8 heavy (non-hydrogen) atoms. The van der Waals surface area contributed by atoms with Gasteiger partial charge in [-0.25, -0.2) is 4.79 Å². The molecule has 0 spiro atoms. The molecule has 1 aliphatic rings. The second-order valence-corrected chi connectivity index (χ2v) is 1.82. The van der Waals surface area contributed by atoms with Crippen LogP contribution in [0.1, 0.15) is 12.8 Å². The van der Waals surface area contributed by atoms with Crippen molar-refractivity contribution < 1.29 is 9.53 Å². The molecule has 2 heteroatoms. The summed E-state index contributed by atoms with van der Waals surface area (Å²) in [5.74, 6) is 1.89. The molecule has 0 atom stereocenters. The van der Waals surface area contributed by atoms with E-state index in [2.05, 4.69) is 0 Å². The van der Waals surface area contributed by atoms with E-state index in [4.69, 9.17) is 4.74 Å². The van der Waals surface area contributed by atoms with Crippen LogP contribution >= 0.6 is 0 Å². The summed E-state index contributed by atoms with van der Waals surface area (Å²) in [6.45, 7) is 1.40. The average Bonchev–Trinajstić information content (AvgIpc) is 1.90. The fraction of sp³-hybridized carbons (Fsp3) is 0.667. The molecule has 0 saturated carbocycles. The van der Waals surface area contributed by atoms with E-state index in [0.29, 0.717) is 13.2 Å². The van der Waals surface area contributed by atoms with Gasteiger partial charge in [-0.1, -0.05) is 0 Å². The van der Waals surface area contributed by atoms with E-state index in [1.54, 1.807) is 0 Å². The first kappa shape index (κ1) is 5.54. The second-order valence-electron chi connectivity index (χ2n) is 1.82.